The molecule has 1 saturated heterocycles. The van der Waals surface area contributed by atoms with Gasteiger partial charge in [0.2, 0.25) is 5.91 Å². The molecular weight excluding hydrogens is 470 g/mol. The van der Waals surface area contributed by atoms with Crippen LogP contribution in [0.4, 0.5) is 5.82 Å². The van der Waals surface area contributed by atoms with Crippen LogP contribution in [0, 0.1) is 6.92 Å². The highest BCUT2D eigenvalue weighted by atomic mass is 16.5. The standard InChI is InChI=1S/C26H29N9O2/c1-16-30-23-24(27)32-26-33-25(23)35(16)13-17-6-7-21(18(9-17)5-3-2-4-8-37-26)19-10-29-34(14-19)15-22(36)31-20-11-28-12-20/h2-3,6-7,9-10,14,20,28H,4-5,8,11-13,15H2,1H3,(H,31,36)(H2,27,32,33)/b3-2+. The van der Waals surface area contributed by atoms with Crippen molar-refractivity contribution >= 4 is 22.9 Å². The lowest BCUT2D eigenvalue weighted by Gasteiger charge is -2.27. The molecule has 0 spiro atoms. The molecule has 0 aliphatic carbocycles. The van der Waals surface area contributed by atoms with Crippen molar-refractivity contribution in [2.45, 2.75) is 38.9 Å². The van der Waals surface area contributed by atoms with Crippen molar-refractivity contribution in [3.05, 3.63) is 59.7 Å². The van der Waals surface area contributed by atoms with Gasteiger partial charge in [0.05, 0.1) is 25.4 Å². The van der Waals surface area contributed by atoms with E-state index in [1.165, 1.54) is 5.56 Å². The minimum absolute atomic E-state index is 0.0288. The maximum atomic E-state index is 12.3. The molecule has 4 N–H and O–H groups in total. The second-order valence-electron chi connectivity index (χ2n) is 9.46. The number of rotatable bonds is 4. The smallest absolute Gasteiger partial charge is 0.320 e. The monoisotopic (exact) mass is 499 g/mol. The van der Waals surface area contributed by atoms with Crippen LogP contribution in [0.5, 0.6) is 6.01 Å². The molecule has 190 valence electrons. The normalized spacial score (nSPS) is 16.7. The van der Waals surface area contributed by atoms with Crippen LogP contribution in [0.3, 0.4) is 0 Å². The van der Waals surface area contributed by atoms with Crippen LogP contribution in [-0.2, 0) is 24.3 Å². The van der Waals surface area contributed by atoms with Gasteiger partial charge in [-0.05, 0) is 36.5 Å². The van der Waals surface area contributed by atoms with E-state index in [4.69, 9.17) is 10.5 Å². The molecular formula is C26H29N9O2. The van der Waals surface area contributed by atoms with Crippen LogP contribution in [0.25, 0.3) is 22.3 Å². The minimum Gasteiger partial charge on any atom is -0.463 e. The zero-order valence-corrected chi connectivity index (χ0v) is 20.6. The zero-order chi connectivity index (χ0) is 25.4. The molecule has 2 aliphatic rings. The van der Waals surface area contributed by atoms with Gasteiger partial charge in [0.15, 0.2) is 17.0 Å². The highest BCUT2D eigenvalue weighted by Crippen LogP contribution is 2.28. The Morgan fingerprint density at radius 3 is 2.97 bits per heavy atom. The van der Waals surface area contributed by atoms with Crippen molar-refractivity contribution in [2.75, 3.05) is 25.4 Å². The number of anilines is 1. The molecule has 0 atom stereocenters. The number of carbonyl (C=O) groups is 1. The number of nitrogens with one attached hydrogen (secondary N) is 2. The van der Waals surface area contributed by atoms with Crippen molar-refractivity contribution in [3.8, 4) is 17.1 Å². The summed E-state index contributed by atoms with van der Waals surface area (Å²) in [7, 11) is 0. The number of nitrogens with two attached hydrogens (primary N) is 1. The van der Waals surface area contributed by atoms with Gasteiger partial charge in [0.25, 0.3) is 0 Å². The number of nitrogen functional groups attached to an aromatic ring is 1. The first kappa shape index (κ1) is 23.2. The highest BCUT2D eigenvalue weighted by molar-refractivity contribution is 5.82. The lowest BCUT2D eigenvalue weighted by atomic mass is 9.97. The molecule has 0 radical (unpaired) electrons. The molecule has 3 aromatic heterocycles. The fraction of sp³-hybridized carbons (Fsp3) is 0.346. The van der Waals surface area contributed by atoms with Gasteiger partial charge in [-0.15, -0.1) is 0 Å². The van der Waals surface area contributed by atoms with Gasteiger partial charge in [-0.25, -0.2) is 4.98 Å². The number of hydrogen-bond donors (Lipinski definition) is 3. The van der Waals surface area contributed by atoms with Crippen LogP contribution in [-0.4, -0.2) is 60.9 Å². The molecule has 11 heteroatoms. The molecule has 1 fully saturated rings. The van der Waals surface area contributed by atoms with E-state index in [1.54, 1.807) is 4.68 Å². The Kier molecular flexibility index (Phi) is 6.05. The Hall–Kier alpha value is -4.25. The van der Waals surface area contributed by atoms with E-state index in [2.05, 4.69) is 61.0 Å². The number of aromatic nitrogens is 6. The summed E-state index contributed by atoms with van der Waals surface area (Å²) in [6, 6.07) is 6.92. The fourth-order valence-electron chi connectivity index (χ4n) is 4.69. The number of nitrogens with zero attached hydrogens (tertiary/aromatic N) is 6. The van der Waals surface area contributed by atoms with E-state index >= 15 is 0 Å². The molecule has 5 heterocycles. The summed E-state index contributed by atoms with van der Waals surface area (Å²) in [6.07, 6.45) is 9.48. The first-order chi connectivity index (χ1) is 18.0. The lowest BCUT2D eigenvalue weighted by Crippen LogP contribution is -2.57. The highest BCUT2D eigenvalue weighted by Gasteiger charge is 2.20. The number of carbonyl (C=O) groups excluding carboxylic acids is 1. The van der Waals surface area contributed by atoms with E-state index in [1.807, 2.05) is 23.9 Å². The summed E-state index contributed by atoms with van der Waals surface area (Å²) < 4.78 is 9.50. The topological polar surface area (TPSA) is 138 Å². The lowest BCUT2D eigenvalue weighted by molar-refractivity contribution is -0.122. The summed E-state index contributed by atoms with van der Waals surface area (Å²) in [6.45, 7) is 4.82. The molecule has 4 bridgehead atoms. The quantitative estimate of drug-likeness (QED) is 0.360. The maximum absolute atomic E-state index is 12.3. The van der Waals surface area contributed by atoms with Crippen LogP contribution in [0.2, 0.25) is 0 Å². The van der Waals surface area contributed by atoms with E-state index in [0.717, 1.165) is 48.4 Å². The second kappa shape index (κ2) is 9.66. The van der Waals surface area contributed by atoms with Gasteiger partial charge >= 0.3 is 6.01 Å². The Labute approximate surface area is 213 Å². The number of hydrogen-bond acceptors (Lipinski definition) is 8. The fourth-order valence-corrected chi connectivity index (χ4v) is 4.69. The van der Waals surface area contributed by atoms with Gasteiger partial charge < -0.3 is 25.7 Å². The van der Waals surface area contributed by atoms with E-state index in [0.29, 0.717) is 30.1 Å². The van der Waals surface area contributed by atoms with Gasteiger partial charge in [-0.3, -0.25) is 9.48 Å². The summed E-state index contributed by atoms with van der Waals surface area (Å²) in [5, 5.41) is 10.6. The molecule has 0 unspecified atom stereocenters. The minimum atomic E-state index is -0.0288. The molecule has 0 saturated carbocycles. The largest absolute Gasteiger partial charge is 0.463 e. The third kappa shape index (κ3) is 4.77. The van der Waals surface area contributed by atoms with E-state index < -0.39 is 0 Å². The third-order valence-corrected chi connectivity index (χ3v) is 6.72. The van der Waals surface area contributed by atoms with Crippen LogP contribution < -0.4 is 21.1 Å². The second-order valence-corrected chi connectivity index (χ2v) is 9.46. The number of aryl methyl sites for hydroxylation is 1. The Bertz CT molecular complexity index is 1500. The Balaban J connectivity index is 1.31. The molecule has 2 aliphatic heterocycles. The van der Waals surface area contributed by atoms with Crippen LogP contribution >= 0.6 is 0 Å². The molecule has 37 heavy (non-hydrogen) atoms. The Morgan fingerprint density at radius 1 is 1.24 bits per heavy atom. The first-order valence-corrected chi connectivity index (χ1v) is 12.5. The van der Waals surface area contributed by atoms with E-state index in [-0.39, 0.29) is 24.5 Å². The predicted octanol–water partition coefficient (Wildman–Crippen LogP) is 1.60. The molecule has 6 rings (SSSR count). The van der Waals surface area contributed by atoms with Crippen molar-refractivity contribution < 1.29 is 9.53 Å². The number of allylic oxidation sites excluding steroid dienone is 1. The number of amides is 1. The average molecular weight is 500 g/mol. The molecule has 11 nitrogen and oxygen atoms in total. The maximum Gasteiger partial charge on any atom is 0.320 e. The summed E-state index contributed by atoms with van der Waals surface area (Å²) >= 11 is 0. The third-order valence-electron chi connectivity index (χ3n) is 6.72. The molecule has 1 amide bonds. The summed E-state index contributed by atoms with van der Waals surface area (Å²) in [5.74, 6) is 1.09. The van der Waals surface area contributed by atoms with Gasteiger partial charge in [-0.2, -0.15) is 15.1 Å². The molecule has 1 aromatic carbocycles. The van der Waals surface area contributed by atoms with Crippen molar-refractivity contribution in [1.29, 1.82) is 0 Å². The number of ether oxygens (including phenoxy) is 1. The van der Waals surface area contributed by atoms with E-state index in [9.17, 15) is 4.79 Å². The van der Waals surface area contributed by atoms with Crippen molar-refractivity contribution in [1.82, 2.24) is 39.9 Å². The van der Waals surface area contributed by atoms with Crippen LogP contribution in [0.15, 0.2) is 42.7 Å². The van der Waals surface area contributed by atoms with Gasteiger partial charge in [-0.1, -0.05) is 30.4 Å². The average Bonchev–Trinajstić information content (AvgIpc) is 3.43. The zero-order valence-electron chi connectivity index (χ0n) is 20.6. The number of benzene rings is 1. The van der Waals surface area contributed by atoms with Gasteiger partial charge in [0, 0.05) is 24.8 Å². The van der Waals surface area contributed by atoms with Crippen molar-refractivity contribution in [3.63, 3.8) is 0 Å². The predicted molar refractivity (Wildman–Crippen MR) is 139 cm³/mol. The van der Waals surface area contributed by atoms with Crippen LogP contribution in [0.1, 0.15) is 23.4 Å². The Morgan fingerprint density at radius 2 is 2.14 bits per heavy atom. The number of imidazole rings is 1. The summed E-state index contributed by atoms with van der Waals surface area (Å²) in [5.41, 5.74) is 11.8. The molecule has 4 aromatic rings. The van der Waals surface area contributed by atoms with Gasteiger partial charge in [0.1, 0.15) is 12.4 Å². The summed E-state index contributed by atoms with van der Waals surface area (Å²) in [4.78, 5) is 25.8. The number of fused-ring (bicyclic) bond motifs is 3. The van der Waals surface area contributed by atoms with Crippen molar-refractivity contribution in [2.24, 2.45) is 0 Å². The first-order valence-electron chi connectivity index (χ1n) is 12.5. The SMILES string of the molecule is Cc1nc2c(N)nc3nc2n1Cc1ccc(-c2cnn(CC(=O)NC4CNC4)c2)c(c1)C/C=C/CCO3.